The van der Waals surface area contributed by atoms with Gasteiger partial charge in [-0.2, -0.15) is 0 Å². The van der Waals surface area contributed by atoms with Gasteiger partial charge in [0.2, 0.25) is 0 Å². The Morgan fingerprint density at radius 1 is 1.13 bits per heavy atom. The smallest absolute Gasteiger partial charge is 0.122 e. The molecule has 2 rings (SSSR count). The number of hydrogen-bond donors (Lipinski definition) is 1. The van der Waals surface area contributed by atoms with Gasteiger partial charge >= 0.3 is 0 Å². The summed E-state index contributed by atoms with van der Waals surface area (Å²) in [7, 11) is 5.85. The molecule has 23 heavy (non-hydrogen) atoms. The van der Waals surface area contributed by atoms with Gasteiger partial charge in [0.15, 0.2) is 0 Å². The number of hydrogen-bond acceptors (Lipinski definition) is 3. The van der Waals surface area contributed by atoms with Gasteiger partial charge in [0.25, 0.3) is 0 Å². The Kier molecular flexibility index (Phi) is 6.05. The molecule has 0 fully saturated rings. The van der Waals surface area contributed by atoms with E-state index in [0.717, 1.165) is 18.6 Å². The molecule has 0 aliphatic heterocycles. The first-order valence-electron chi connectivity index (χ1n) is 8.22. The molecule has 0 heterocycles. The zero-order chi connectivity index (χ0) is 16.8. The maximum atomic E-state index is 6.07. The second-order valence-corrected chi connectivity index (χ2v) is 6.13. The van der Waals surface area contributed by atoms with Crippen molar-refractivity contribution in [3.05, 3.63) is 59.2 Å². The van der Waals surface area contributed by atoms with E-state index >= 15 is 0 Å². The van der Waals surface area contributed by atoms with E-state index in [2.05, 4.69) is 68.4 Å². The summed E-state index contributed by atoms with van der Waals surface area (Å²) < 4.78 is 5.42. The van der Waals surface area contributed by atoms with E-state index in [1.54, 1.807) is 7.11 Å². The molecule has 1 unspecified atom stereocenters. The van der Waals surface area contributed by atoms with Gasteiger partial charge in [-0.05, 0) is 54.3 Å². The molecule has 0 aliphatic carbocycles. The topological polar surface area (TPSA) is 38.5 Å². The Morgan fingerprint density at radius 3 is 2.52 bits per heavy atom. The van der Waals surface area contributed by atoms with E-state index in [1.165, 1.54) is 22.4 Å². The van der Waals surface area contributed by atoms with Crippen LogP contribution in [0.3, 0.4) is 0 Å². The fourth-order valence-corrected chi connectivity index (χ4v) is 2.91. The number of rotatable bonds is 7. The summed E-state index contributed by atoms with van der Waals surface area (Å²) in [5.74, 6) is 1.29. The normalized spacial score (nSPS) is 12.0. The van der Waals surface area contributed by atoms with E-state index in [4.69, 9.17) is 10.5 Å². The van der Waals surface area contributed by atoms with Crippen molar-refractivity contribution in [2.45, 2.75) is 25.7 Å². The van der Waals surface area contributed by atoms with Crippen LogP contribution < -0.4 is 15.4 Å². The fraction of sp³-hybridized carbons (Fsp3) is 0.400. The molecule has 0 saturated carbocycles. The quantitative estimate of drug-likeness (QED) is 0.849. The van der Waals surface area contributed by atoms with Crippen LogP contribution in [0.25, 0.3) is 0 Å². The third kappa shape index (κ3) is 4.26. The highest BCUT2D eigenvalue weighted by molar-refractivity contribution is 5.48. The Bertz CT molecular complexity index is 637. The second-order valence-electron chi connectivity index (χ2n) is 6.13. The summed E-state index contributed by atoms with van der Waals surface area (Å²) in [6.07, 6.45) is 1.92. The summed E-state index contributed by atoms with van der Waals surface area (Å²) in [5, 5.41) is 0. The predicted molar refractivity (Wildman–Crippen MR) is 98.6 cm³/mol. The van der Waals surface area contributed by atoms with Gasteiger partial charge in [-0.3, -0.25) is 0 Å². The molecule has 0 radical (unpaired) electrons. The lowest BCUT2D eigenvalue weighted by Crippen LogP contribution is -2.16. The van der Waals surface area contributed by atoms with Crippen LogP contribution in [0.1, 0.15) is 29.5 Å². The Hall–Kier alpha value is -2.00. The maximum absolute atomic E-state index is 6.07. The van der Waals surface area contributed by atoms with Crippen molar-refractivity contribution < 1.29 is 4.74 Å². The van der Waals surface area contributed by atoms with Gasteiger partial charge in [-0.1, -0.05) is 31.2 Å². The minimum absolute atomic E-state index is 0.327. The molecule has 1 atom stereocenters. The molecule has 0 saturated heterocycles. The molecular weight excluding hydrogens is 284 g/mol. The predicted octanol–water partition coefficient (Wildman–Crippen LogP) is 3.61. The summed E-state index contributed by atoms with van der Waals surface area (Å²) in [5.41, 5.74) is 11.1. The molecule has 124 valence electrons. The standard InChI is InChI=1S/C20H28N2O/c1-5-16-11-15(9-10-20(16)23-4)12-18(14-21)17-7-6-8-19(13-17)22(2)3/h6-11,13,18H,5,12,14,21H2,1-4H3. The molecular formula is C20H28N2O. The molecule has 0 bridgehead atoms. The molecule has 2 aromatic rings. The van der Waals surface area contributed by atoms with Crippen molar-refractivity contribution in [1.82, 2.24) is 0 Å². The first kappa shape index (κ1) is 17.4. The molecule has 0 aromatic heterocycles. The van der Waals surface area contributed by atoms with Crippen LogP contribution in [-0.2, 0) is 12.8 Å². The van der Waals surface area contributed by atoms with Gasteiger partial charge in [0, 0.05) is 25.7 Å². The Morgan fingerprint density at radius 2 is 1.91 bits per heavy atom. The van der Waals surface area contributed by atoms with E-state index in [1.807, 2.05) is 0 Å². The number of ether oxygens (including phenoxy) is 1. The minimum atomic E-state index is 0.327. The van der Waals surface area contributed by atoms with Gasteiger partial charge in [-0.25, -0.2) is 0 Å². The average Bonchev–Trinajstić information content (AvgIpc) is 2.59. The summed E-state index contributed by atoms with van der Waals surface area (Å²) in [6.45, 7) is 2.80. The fourth-order valence-electron chi connectivity index (χ4n) is 2.91. The lowest BCUT2D eigenvalue weighted by molar-refractivity contribution is 0.410. The second kappa shape index (κ2) is 8.02. The highest BCUT2D eigenvalue weighted by Crippen LogP contribution is 2.26. The van der Waals surface area contributed by atoms with Crippen LogP contribution in [0.5, 0.6) is 5.75 Å². The first-order valence-corrected chi connectivity index (χ1v) is 8.22. The monoisotopic (exact) mass is 312 g/mol. The van der Waals surface area contributed by atoms with E-state index in [9.17, 15) is 0 Å². The minimum Gasteiger partial charge on any atom is -0.496 e. The molecule has 0 amide bonds. The maximum Gasteiger partial charge on any atom is 0.122 e. The molecule has 2 aromatic carbocycles. The van der Waals surface area contributed by atoms with Gasteiger partial charge in [0.05, 0.1) is 7.11 Å². The van der Waals surface area contributed by atoms with Gasteiger partial charge in [-0.15, -0.1) is 0 Å². The third-order valence-corrected chi connectivity index (χ3v) is 4.35. The van der Waals surface area contributed by atoms with Crippen molar-refractivity contribution in [2.75, 3.05) is 32.6 Å². The zero-order valence-corrected chi connectivity index (χ0v) is 14.7. The third-order valence-electron chi connectivity index (χ3n) is 4.35. The summed E-state index contributed by atoms with van der Waals surface area (Å²) >= 11 is 0. The largest absolute Gasteiger partial charge is 0.496 e. The number of nitrogens with zero attached hydrogens (tertiary/aromatic N) is 1. The molecule has 0 spiro atoms. The van der Waals surface area contributed by atoms with E-state index in [-0.39, 0.29) is 0 Å². The van der Waals surface area contributed by atoms with E-state index in [0.29, 0.717) is 12.5 Å². The molecule has 3 nitrogen and oxygen atoms in total. The number of aryl methyl sites for hydroxylation is 1. The SMILES string of the molecule is CCc1cc(CC(CN)c2cccc(N(C)C)c2)ccc1OC. The van der Waals surface area contributed by atoms with Crippen LogP contribution in [0, 0.1) is 0 Å². The molecule has 2 N–H and O–H groups in total. The Labute approximate surface area is 140 Å². The van der Waals surface area contributed by atoms with Crippen molar-refractivity contribution in [1.29, 1.82) is 0 Å². The zero-order valence-electron chi connectivity index (χ0n) is 14.7. The molecule has 0 aliphatic rings. The Balaban J connectivity index is 2.24. The lowest BCUT2D eigenvalue weighted by Gasteiger charge is -2.19. The van der Waals surface area contributed by atoms with Crippen LogP contribution in [-0.4, -0.2) is 27.7 Å². The summed E-state index contributed by atoms with van der Waals surface area (Å²) in [6, 6.07) is 15.1. The van der Waals surface area contributed by atoms with Gasteiger partial charge < -0.3 is 15.4 Å². The number of nitrogens with two attached hydrogens (primary N) is 1. The highest BCUT2D eigenvalue weighted by atomic mass is 16.5. The van der Waals surface area contributed by atoms with Crippen LogP contribution in [0.15, 0.2) is 42.5 Å². The average molecular weight is 312 g/mol. The number of anilines is 1. The lowest BCUT2D eigenvalue weighted by atomic mass is 9.90. The van der Waals surface area contributed by atoms with Gasteiger partial charge in [0.1, 0.15) is 5.75 Å². The van der Waals surface area contributed by atoms with E-state index < -0.39 is 0 Å². The highest BCUT2D eigenvalue weighted by Gasteiger charge is 2.13. The molecule has 3 heteroatoms. The van der Waals surface area contributed by atoms with Crippen molar-refractivity contribution >= 4 is 5.69 Å². The van der Waals surface area contributed by atoms with Crippen molar-refractivity contribution in [3.63, 3.8) is 0 Å². The van der Waals surface area contributed by atoms with Crippen molar-refractivity contribution in [3.8, 4) is 5.75 Å². The van der Waals surface area contributed by atoms with Crippen LogP contribution >= 0.6 is 0 Å². The van der Waals surface area contributed by atoms with Crippen LogP contribution in [0.2, 0.25) is 0 Å². The number of methoxy groups -OCH3 is 1. The summed E-state index contributed by atoms with van der Waals surface area (Å²) in [4.78, 5) is 2.12. The van der Waals surface area contributed by atoms with Crippen molar-refractivity contribution in [2.24, 2.45) is 5.73 Å². The first-order chi connectivity index (χ1) is 11.1. The van der Waals surface area contributed by atoms with Crippen LogP contribution in [0.4, 0.5) is 5.69 Å². The number of benzene rings is 2.